The fourth-order valence-electron chi connectivity index (χ4n) is 1.28. The summed E-state index contributed by atoms with van der Waals surface area (Å²) in [5.41, 5.74) is 6.69. The molecule has 15 heavy (non-hydrogen) atoms. The zero-order chi connectivity index (χ0) is 10.7. The van der Waals surface area contributed by atoms with E-state index in [9.17, 15) is 4.79 Å². The maximum atomic E-state index is 10.8. The molecule has 1 amide bonds. The molecule has 0 radical (unpaired) electrons. The van der Waals surface area contributed by atoms with Crippen LogP contribution in [0, 0.1) is 0 Å². The van der Waals surface area contributed by atoms with Gasteiger partial charge < -0.3 is 5.73 Å². The molecule has 0 aliphatic rings. The third-order valence-corrected chi connectivity index (χ3v) is 2.05. The predicted molar refractivity (Wildman–Crippen MR) is 54.1 cm³/mol. The molecule has 0 aliphatic heterocycles. The summed E-state index contributed by atoms with van der Waals surface area (Å²) in [6, 6.07) is 7.10. The van der Waals surface area contributed by atoms with Crippen LogP contribution in [0.4, 0.5) is 0 Å². The van der Waals surface area contributed by atoms with Gasteiger partial charge in [0.25, 0.3) is 0 Å². The van der Waals surface area contributed by atoms with Gasteiger partial charge in [-0.1, -0.05) is 17.3 Å². The lowest BCUT2D eigenvalue weighted by Gasteiger charge is -2.01. The average Bonchev–Trinajstić information content (AvgIpc) is 2.71. The first-order valence-electron chi connectivity index (χ1n) is 4.48. The highest BCUT2D eigenvalue weighted by Gasteiger charge is 2.00. The molecule has 0 saturated heterocycles. The Morgan fingerprint density at radius 3 is 2.60 bits per heavy atom. The van der Waals surface area contributed by atoms with Gasteiger partial charge in [-0.3, -0.25) is 4.79 Å². The molecule has 2 rings (SSSR count). The molecule has 0 unspecified atom stereocenters. The van der Waals surface area contributed by atoms with Crippen molar-refractivity contribution in [3.05, 3.63) is 47.8 Å². The SMILES string of the molecule is NC(=O)c1ccc(Cn2ccnn2)cc1. The Morgan fingerprint density at radius 2 is 2.07 bits per heavy atom. The molecule has 5 heteroatoms. The molecule has 0 aliphatic carbocycles. The Kier molecular flexibility index (Phi) is 2.45. The van der Waals surface area contributed by atoms with E-state index in [1.807, 2.05) is 12.1 Å². The molecule has 5 nitrogen and oxygen atoms in total. The van der Waals surface area contributed by atoms with E-state index in [-0.39, 0.29) is 0 Å². The van der Waals surface area contributed by atoms with Crippen molar-refractivity contribution < 1.29 is 4.79 Å². The van der Waals surface area contributed by atoms with Crippen LogP contribution in [0.1, 0.15) is 15.9 Å². The van der Waals surface area contributed by atoms with Crippen LogP contribution in [0.15, 0.2) is 36.7 Å². The lowest BCUT2D eigenvalue weighted by molar-refractivity contribution is 0.100. The average molecular weight is 202 g/mol. The summed E-state index contributed by atoms with van der Waals surface area (Å²) < 4.78 is 1.71. The van der Waals surface area contributed by atoms with E-state index in [1.54, 1.807) is 29.2 Å². The van der Waals surface area contributed by atoms with Crippen LogP contribution >= 0.6 is 0 Å². The Balaban J connectivity index is 2.14. The van der Waals surface area contributed by atoms with Gasteiger partial charge in [0.05, 0.1) is 12.7 Å². The van der Waals surface area contributed by atoms with Crippen molar-refractivity contribution in [2.75, 3.05) is 0 Å². The quantitative estimate of drug-likeness (QED) is 0.784. The van der Waals surface area contributed by atoms with Crippen LogP contribution in [-0.2, 0) is 6.54 Å². The highest BCUT2D eigenvalue weighted by Crippen LogP contribution is 2.04. The number of nitrogens with zero attached hydrogens (tertiary/aromatic N) is 3. The standard InChI is InChI=1S/C10H10N4O/c11-10(15)9-3-1-8(2-4-9)7-14-6-5-12-13-14/h1-6H,7H2,(H2,11,15). The highest BCUT2D eigenvalue weighted by atomic mass is 16.1. The molecule has 0 bridgehead atoms. The second kappa shape index (κ2) is 3.91. The van der Waals surface area contributed by atoms with E-state index in [2.05, 4.69) is 10.3 Å². The largest absolute Gasteiger partial charge is 0.366 e. The van der Waals surface area contributed by atoms with E-state index < -0.39 is 5.91 Å². The van der Waals surface area contributed by atoms with Gasteiger partial charge in [0, 0.05) is 11.8 Å². The minimum Gasteiger partial charge on any atom is -0.366 e. The van der Waals surface area contributed by atoms with Gasteiger partial charge in [0.1, 0.15) is 0 Å². The van der Waals surface area contributed by atoms with Gasteiger partial charge in [0.15, 0.2) is 0 Å². The van der Waals surface area contributed by atoms with Gasteiger partial charge in [-0.25, -0.2) is 4.68 Å². The summed E-state index contributed by atoms with van der Waals surface area (Å²) in [5, 5.41) is 7.55. The Morgan fingerprint density at radius 1 is 1.33 bits per heavy atom. The third-order valence-electron chi connectivity index (χ3n) is 2.05. The molecule has 2 aromatic rings. The minimum atomic E-state index is -0.415. The summed E-state index contributed by atoms with van der Waals surface area (Å²) in [7, 11) is 0. The molecule has 76 valence electrons. The maximum Gasteiger partial charge on any atom is 0.248 e. The number of hydrogen-bond donors (Lipinski definition) is 1. The van der Waals surface area contributed by atoms with Crippen LogP contribution in [0.2, 0.25) is 0 Å². The van der Waals surface area contributed by atoms with E-state index >= 15 is 0 Å². The zero-order valence-corrected chi connectivity index (χ0v) is 8.00. The van der Waals surface area contributed by atoms with Crippen LogP contribution in [-0.4, -0.2) is 20.9 Å². The van der Waals surface area contributed by atoms with Crippen molar-refractivity contribution in [3.63, 3.8) is 0 Å². The van der Waals surface area contributed by atoms with Gasteiger partial charge in [-0.15, -0.1) is 5.10 Å². The Hall–Kier alpha value is -2.17. The summed E-state index contributed by atoms with van der Waals surface area (Å²) in [4.78, 5) is 10.8. The van der Waals surface area contributed by atoms with Crippen LogP contribution in [0.3, 0.4) is 0 Å². The summed E-state index contributed by atoms with van der Waals surface area (Å²) in [6.07, 6.45) is 3.40. The number of nitrogens with two attached hydrogens (primary N) is 1. The molecule has 0 spiro atoms. The smallest absolute Gasteiger partial charge is 0.248 e. The number of hydrogen-bond acceptors (Lipinski definition) is 3. The fraction of sp³-hybridized carbons (Fsp3) is 0.100. The Labute approximate surface area is 86.5 Å². The third kappa shape index (κ3) is 2.19. The van der Waals surface area contributed by atoms with Crippen LogP contribution < -0.4 is 5.73 Å². The van der Waals surface area contributed by atoms with Gasteiger partial charge in [-0.2, -0.15) is 0 Å². The number of amides is 1. The second-order valence-electron chi connectivity index (χ2n) is 3.16. The van der Waals surface area contributed by atoms with E-state index in [0.717, 1.165) is 5.56 Å². The van der Waals surface area contributed by atoms with E-state index in [4.69, 9.17) is 5.73 Å². The van der Waals surface area contributed by atoms with Crippen molar-refractivity contribution in [2.45, 2.75) is 6.54 Å². The van der Waals surface area contributed by atoms with Crippen molar-refractivity contribution in [2.24, 2.45) is 5.73 Å². The number of carbonyl (C=O) groups is 1. The first kappa shape index (κ1) is 9.39. The summed E-state index contributed by atoms with van der Waals surface area (Å²) in [5.74, 6) is -0.415. The van der Waals surface area contributed by atoms with E-state index in [1.165, 1.54) is 0 Å². The summed E-state index contributed by atoms with van der Waals surface area (Å²) in [6.45, 7) is 0.638. The molecule has 0 fully saturated rings. The fourth-order valence-corrected chi connectivity index (χ4v) is 1.28. The molecule has 0 atom stereocenters. The first-order valence-corrected chi connectivity index (χ1v) is 4.48. The highest BCUT2D eigenvalue weighted by molar-refractivity contribution is 5.92. The van der Waals surface area contributed by atoms with Gasteiger partial charge in [0.2, 0.25) is 5.91 Å². The second-order valence-corrected chi connectivity index (χ2v) is 3.16. The molecular weight excluding hydrogens is 192 g/mol. The van der Waals surface area contributed by atoms with Crippen molar-refractivity contribution in [3.8, 4) is 0 Å². The molecular formula is C10H10N4O. The first-order chi connectivity index (χ1) is 7.25. The van der Waals surface area contributed by atoms with Crippen LogP contribution in [0.5, 0.6) is 0 Å². The molecule has 1 heterocycles. The monoisotopic (exact) mass is 202 g/mol. The topological polar surface area (TPSA) is 73.8 Å². The molecule has 1 aromatic heterocycles. The Bertz CT molecular complexity index is 447. The minimum absolute atomic E-state index is 0.415. The lowest BCUT2D eigenvalue weighted by atomic mass is 10.1. The lowest BCUT2D eigenvalue weighted by Crippen LogP contribution is -2.10. The zero-order valence-electron chi connectivity index (χ0n) is 8.00. The van der Waals surface area contributed by atoms with Crippen molar-refractivity contribution >= 4 is 5.91 Å². The number of benzene rings is 1. The number of aromatic nitrogens is 3. The number of carbonyl (C=O) groups excluding carboxylic acids is 1. The van der Waals surface area contributed by atoms with E-state index in [0.29, 0.717) is 12.1 Å². The molecule has 0 saturated carbocycles. The van der Waals surface area contributed by atoms with Crippen molar-refractivity contribution in [1.29, 1.82) is 0 Å². The summed E-state index contributed by atoms with van der Waals surface area (Å²) >= 11 is 0. The van der Waals surface area contributed by atoms with Crippen molar-refractivity contribution in [1.82, 2.24) is 15.0 Å². The van der Waals surface area contributed by atoms with Gasteiger partial charge >= 0.3 is 0 Å². The van der Waals surface area contributed by atoms with Gasteiger partial charge in [-0.05, 0) is 17.7 Å². The van der Waals surface area contributed by atoms with Crippen LogP contribution in [0.25, 0.3) is 0 Å². The molecule has 2 N–H and O–H groups in total. The predicted octanol–water partition coefficient (Wildman–Crippen LogP) is 0.425. The number of primary amides is 1. The molecule has 1 aromatic carbocycles. The number of rotatable bonds is 3. The normalized spacial score (nSPS) is 10.1. The maximum absolute atomic E-state index is 10.8.